The van der Waals surface area contributed by atoms with Gasteiger partial charge in [-0.1, -0.05) is 12.1 Å². The first-order valence-corrected chi connectivity index (χ1v) is 14.2. The molecule has 9 nitrogen and oxygen atoms in total. The molecule has 0 aliphatic carbocycles. The number of anilines is 1. The highest BCUT2D eigenvalue weighted by molar-refractivity contribution is 7.92. The second-order valence-corrected chi connectivity index (χ2v) is 12.7. The van der Waals surface area contributed by atoms with Crippen LogP contribution >= 0.6 is 0 Å². The van der Waals surface area contributed by atoms with Crippen LogP contribution < -0.4 is 10.5 Å². The fourth-order valence-electron chi connectivity index (χ4n) is 6.17. The lowest BCUT2D eigenvalue weighted by Gasteiger charge is -2.47. The molecule has 184 valence electrons. The van der Waals surface area contributed by atoms with Crippen molar-refractivity contribution in [2.75, 3.05) is 36.9 Å². The first-order chi connectivity index (χ1) is 16.9. The molecule has 4 saturated heterocycles. The summed E-state index contributed by atoms with van der Waals surface area (Å²) in [6.45, 7) is 2.19. The smallest absolute Gasteiger partial charge is 0.153 e. The Morgan fingerprint density at radius 2 is 1.94 bits per heavy atom. The third-order valence-corrected chi connectivity index (χ3v) is 10.0. The molecular formula is C25H29N5O4S. The Morgan fingerprint density at radius 3 is 2.66 bits per heavy atom. The molecule has 0 saturated carbocycles. The fraction of sp³-hybridized carbons (Fsp3) is 0.520. The second kappa shape index (κ2) is 7.65. The van der Waals surface area contributed by atoms with Gasteiger partial charge in [-0.15, -0.1) is 0 Å². The van der Waals surface area contributed by atoms with E-state index in [-0.39, 0.29) is 29.2 Å². The van der Waals surface area contributed by atoms with Crippen molar-refractivity contribution in [2.24, 2.45) is 0 Å². The van der Waals surface area contributed by atoms with Gasteiger partial charge < -0.3 is 19.8 Å². The number of nitrogen functional groups attached to an aromatic ring is 1. The zero-order valence-electron chi connectivity index (χ0n) is 19.5. The lowest BCUT2D eigenvalue weighted by Crippen LogP contribution is -2.61. The first kappa shape index (κ1) is 21.6. The summed E-state index contributed by atoms with van der Waals surface area (Å²) in [5, 5.41) is 0.839. The zero-order valence-corrected chi connectivity index (χ0v) is 20.3. The van der Waals surface area contributed by atoms with Gasteiger partial charge in [-0.2, -0.15) is 0 Å². The summed E-state index contributed by atoms with van der Waals surface area (Å²) in [7, 11) is -2.83. The van der Waals surface area contributed by atoms with Crippen LogP contribution in [0, 0.1) is 0 Å². The van der Waals surface area contributed by atoms with Crippen LogP contribution in [0.1, 0.15) is 31.7 Å². The molecule has 2 N–H and O–H groups in total. The van der Waals surface area contributed by atoms with Crippen LogP contribution in [0.2, 0.25) is 0 Å². The summed E-state index contributed by atoms with van der Waals surface area (Å²) in [6, 6.07) is 8.45. The predicted molar refractivity (Wildman–Crippen MR) is 132 cm³/mol. The third kappa shape index (κ3) is 3.61. The molecule has 0 amide bonds. The van der Waals surface area contributed by atoms with E-state index in [4.69, 9.17) is 15.2 Å². The molecule has 0 atom stereocenters. The molecule has 0 radical (unpaired) electrons. The molecule has 6 heterocycles. The summed E-state index contributed by atoms with van der Waals surface area (Å²) in [5.41, 5.74) is 9.00. The van der Waals surface area contributed by atoms with Crippen molar-refractivity contribution in [1.82, 2.24) is 19.4 Å². The van der Waals surface area contributed by atoms with Crippen LogP contribution in [0.4, 0.5) is 5.82 Å². The van der Waals surface area contributed by atoms with E-state index < -0.39 is 9.84 Å². The summed E-state index contributed by atoms with van der Waals surface area (Å²) < 4.78 is 37.7. The van der Waals surface area contributed by atoms with Crippen LogP contribution in [0.5, 0.6) is 5.75 Å². The number of fused-ring (bicyclic) bond motifs is 3. The number of nitrogens with zero attached hydrogens (tertiary/aromatic N) is 4. The molecule has 35 heavy (non-hydrogen) atoms. The first-order valence-electron chi connectivity index (χ1n) is 12.3. The molecule has 0 spiro atoms. The Morgan fingerprint density at radius 1 is 1.14 bits per heavy atom. The highest BCUT2D eigenvalue weighted by Crippen LogP contribution is 2.44. The van der Waals surface area contributed by atoms with Gasteiger partial charge in [0.25, 0.3) is 0 Å². The van der Waals surface area contributed by atoms with Gasteiger partial charge in [-0.25, -0.2) is 18.4 Å². The van der Waals surface area contributed by atoms with Gasteiger partial charge in [0.05, 0.1) is 29.0 Å². The molecule has 2 aromatic heterocycles. The van der Waals surface area contributed by atoms with Crippen molar-refractivity contribution in [2.45, 2.75) is 49.5 Å². The minimum atomic E-state index is -2.83. The Labute approximate surface area is 204 Å². The molecule has 4 aliphatic heterocycles. The van der Waals surface area contributed by atoms with E-state index in [1.165, 1.54) is 6.33 Å². The number of rotatable bonds is 6. The number of aromatic nitrogens is 3. The summed E-state index contributed by atoms with van der Waals surface area (Å²) >= 11 is 0. The Hall–Kier alpha value is -2.69. The topological polar surface area (TPSA) is 113 Å². The van der Waals surface area contributed by atoms with Crippen molar-refractivity contribution >= 4 is 26.7 Å². The maximum atomic E-state index is 11.6. The molecule has 4 fully saturated rings. The van der Waals surface area contributed by atoms with E-state index in [9.17, 15) is 8.42 Å². The van der Waals surface area contributed by atoms with Crippen molar-refractivity contribution in [1.29, 1.82) is 0 Å². The van der Waals surface area contributed by atoms with E-state index in [1.54, 1.807) is 0 Å². The minimum Gasteiger partial charge on any atom is -0.491 e. The zero-order chi connectivity index (χ0) is 23.8. The molecule has 4 aliphatic rings. The lowest BCUT2D eigenvalue weighted by molar-refractivity contribution is -0.0198. The van der Waals surface area contributed by atoms with Crippen LogP contribution in [0.15, 0.2) is 36.8 Å². The molecule has 10 heteroatoms. The molecule has 7 rings (SSSR count). The Balaban J connectivity index is 1.15. The Kier molecular flexibility index (Phi) is 4.72. The van der Waals surface area contributed by atoms with E-state index in [2.05, 4.69) is 37.8 Å². The lowest BCUT2D eigenvalue weighted by atomic mass is 9.89. The standard InChI is InChI=1S/C25H29N5O4S/c26-23-22-21(16-2-1-3-20(8-16)33-14-25-6-4-19(34-25)5-7-25)11-30(24(22)28-15-27-23)17-9-29(10-17)18-12-35(31,32)13-18/h1-3,8,11,15,17-19H,4-7,9-10,12-14H2,(H2,26,27,28). The number of hydrogen-bond donors (Lipinski definition) is 1. The van der Waals surface area contributed by atoms with Crippen molar-refractivity contribution in [3.05, 3.63) is 36.8 Å². The van der Waals surface area contributed by atoms with Crippen LogP contribution in [-0.2, 0) is 14.6 Å². The van der Waals surface area contributed by atoms with Crippen LogP contribution in [0.25, 0.3) is 22.2 Å². The van der Waals surface area contributed by atoms with Crippen molar-refractivity contribution in [3.8, 4) is 16.9 Å². The quantitative estimate of drug-likeness (QED) is 0.555. The second-order valence-electron chi connectivity index (χ2n) is 10.6. The highest BCUT2D eigenvalue weighted by Gasteiger charge is 2.47. The van der Waals surface area contributed by atoms with Gasteiger partial charge in [-0.05, 0) is 43.4 Å². The van der Waals surface area contributed by atoms with Gasteiger partial charge in [-0.3, -0.25) is 4.90 Å². The average molecular weight is 496 g/mol. The number of nitrogens with two attached hydrogens (primary N) is 1. The largest absolute Gasteiger partial charge is 0.491 e. The van der Waals surface area contributed by atoms with E-state index in [0.717, 1.165) is 66.7 Å². The van der Waals surface area contributed by atoms with Gasteiger partial charge in [0.1, 0.15) is 35.7 Å². The summed E-state index contributed by atoms with van der Waals surface area (Å²) in [4.78, 5) is 11.1. The maximum Gasteiger partial charge on any atom is 0.153 e. The van der Waals surface area contributed by atoms with Gasteiger partial charge in [0.15, 0.2) is 9.84 Å². The number of benzene rings is 1. The van der Waals surface area contributed by atoms with Crippen LogP contribution in [0.3, 0.4) is 0 Å². The molecule has 3 aromatic rings. The minimum absolute atomic E-state index is 0.120. The molecular weight excluding hydrogens is 466 g/mol. The van der Waals surface area contributed by atoms with Gasteiger partial charge in [0, 0.05) is 30.9 Å². The molecule has 2 bridgehead atoms. The number of likely N-dealkylation sites (tertiary alicyclic amines) is 1. The van der Waals surface area contributed by atoms with Crippen molar-refractivity contribution < 1.29 is 17.9 Å². The van der Waals surface area contributed by atoms with E-state index in [0.29, 0.717) is 18.5 Å². The monoisotopic (exact) mass is 495 g/mol. The van der Waals surface area contributed by atoms with Gasteiger partial charge >= 0.3 is 0 Å². The highest BCUT2D eigenvalue weighted by atomic mass is 32.2. The molecule has 1 aromatic carbocycles. The average Bonchev–Trinajstić information content (AvgIpc) is 3.50. The predicted octanol–water partition coefficient (Wildman–Crippen LogP) is 2.42. The maximum absolute atomic E-state index is 11.6. The van der Waals surface area contributed by atoms with E-state index in [1.807, 2.05) is 12.1 Å². The molecule has 0 unspecified atom stereocenters. The summed E-state index contributed by atoms with van der Waals surface area (Å²) in [5.74, 6) is 1.80. The normalized spacial score (nSPS) is 28.3. The summed E-state index contributed by atoms with van der Waals surface area (Å²) in [6.07, 6.45) is 8.44. The Bertz CT molecular complexity index is 1390. The van der Waals surface area contributed by atoms with E-state index >= 15 is 0 Å². The number of hydrogen-bond acceptors (Lipinski definition) is 8. The SMILES string of the molecule is Nc1ncnc2c1c(-c1cccc(OCC34CCC(CC3)O4)c1)cn2C1CN(C2CS(=O)(=O)C2)C1. The number of sulfone groups is 1. The van der Waals surface area contributed by atoms with Gasteiger partial charge in [0.2, 0.25) is 0 Å². The van der Waals surface area contributed by atoms with Crippen molar-refractivity contribution in [3.63, 3.8) is 0 Å². The van der Waals surface area contributed by atoms with Crippen LogP contribution in [-0.4, -0.2) is 76.8 Å². The third-order valence-electron chi connectivity index (χ3n) is 8.24. The number of ether oxygens (including phenoxy) is 2. The fourth-order valence-corrected chi connectivity index (χ4v) is 7.67.